The monoisotopic (exact) mass is 496 g/mol. The van der Waals surface area contributed by atoms with E-state index in [1.54, 1.807) is 12.1 Å². The molecule has 1 heterocycles. The van der Waals surface area contributed by atoms with Gasteiger partial charge in [0, 0.05) is 15.8 Å². The Morgan fingerprint density at radius 3 is 2.69 bits per heavy atom. The van der Waals surface area contributed by atoms with E-state index in [2.05, 4.69) is 26.6 Å². The molecule has 0 radical (unpaired) electrons. The number of amides is 2. The fourth-order valence-electron chi connectivity index (χ4n) is 2.87. The molecule has 1 aliphatic rings. The molecule has 1 unspecified atom stereocenters. The molecule has 1 atom stereocenters. The Balaban J connectivity index is 1.67. The number of benzene rings is 2. The summed E-state index contributed by atoms with van der Waals surface area (Å²) in [6.07, 6.45) is 0.529. The van der Waals surface area contributed by atoms with Crippen LogP contribution in [0.3, 0.4) is 0 Å². The first-order chi connectivity index (χ1) is 13.7. The van der Waals surface area contributed by atoms with E-state index in [9.17, 15) is 18.0 Å². The van der Waals surface area contributed by atoms with Crippen molar-refractivity contribution in [3.8, 4) is 0 Å². The van der Waals surface area contributed by atoms with Crippen LogP contribution in [0.2, 0.25) is 0 Å². The number of carbonyl (C=O) groups is 2. The van der Waals surface area contributed by atoms with E-state index in [0.29, 0.717) is 17.8 Å². The molecule has 2 aromatic rings. The zero-order valence-electron chi connectivity index (χ0n) is 16.0. The van der Waals surface area contributed by atoms with Crippen LogP contribution in [0.4, 0.5) is 11.4 Å². The molecule has 154 valence electrons. The van der Waals surface area contributed by atoms with Crippen molar-refractivity contribution in [2.75, 3.05) is 16.4 Å². The van der Waals surface area contributed by atoms with Gasteiger partial charge in [-0.15, -0.1) is 11.8 Å². The summed E-state index contributed by atoms with van der Waals surface area (Å²) in [6.45, 7) is 3.87. The van der Waals surface area contributed by atoms with Gasteiger partial charge in [0.05, 0.1) is 27.3 Å². The molecule has 3 rings (SSSR count). The van der Waals surface area contributed by atoms with Crippen molar-refractivity contribution < 1.29 is 18.0 Å². The molecular formula is C20H21BrN2O4S2. The molecule has 1 aliphatic heterocycles. The molecule has 0 aromatic heterocycles. The van der Waals surface area contributed by atoms with E-state index in [-0.39, 0.29) is 34.1 Å². The molecule has 2 aromatic carbocycles. The minimum atomic E-state index is -3.67. The van der Waals surface area contributed by atoms with Crippen molar-refractivity contribution in [3.63, 3.8) is 0 Å². The highest BCUT2D eigenvalue weighted by Crippen LogP contribution is 2.38. The zero-order chi connectivity index (χ0) is 21.2. The molecule has 29 heavy (non-hydrogen) atoms. The Morgan fingerprint density at radius 1 is 1.24 bits per heavy atom. The molecule has 2 N–H and O–H groups in total. The first-order valence-corrected chi connectivity index (χ1v) is 12.4. The molecule has 0 saturated carbocycles. The molecular weight excluding hydrogens is 476 g/mol. The summed E-state index contributed by atoms with van der Waals surface area (Å²) in [5.74, 6) is -0.826. The number of carbonyl (C=O) groups excluding carboxylic acids is 2. The molecule has 0 bridgehead atoms. The van der Waals surface area contributed by atoms with Gasteiger partial charge in [0.2, 0.25) is 11.8 Å². The second-order valence-corrected chi connectivity index (χ2v) is 11.0. The number of hydrogen-bond acceptors (Lipinski definition) is 5. The predicted molar refractivity (Wildman–Crippen MR) is 119 cm³/mol. The second-order valence-electron chi connectivity index (χ2n) is 6.76. The second kappa shape index (κ2) is 8.89. The number of rotatable bonds is 6. The van der Waals surface area contributed by atoms with Gasteiger partial charge in [-0.25, -0.2) is 8.42 Å². The van der Waals surface area contributed by atoms with Crippen LogP contribution in [-0.4, -0.2) is 31.2 Å². The summed E-state index contributed by atoms with van der Waals surface area (Å²) in [4.78, 5) is 25.2. The van der Waals surface area contributed by atoms with Gasteiger partial charge >= 0.3 is 0 Å². The minimum absolute atomic E-state index is 0.0939. The van der Waals surface area contributed by atoms with E-state index >= 15 is 0 Å². The van der Waals surface area contributed by atoms with Gasteiger partial charge < -0.3 is 10.6 Å². The number of sulfone groups is 1. The third-order valence-corrected chi connectivity index (χ3v) is 8.31. The number of nitrogens with one attached hydrogen (secondary N) is 2. The van der Waals surface area contributed by atoms with E-state index in [4.69, 9.17) is 0 Å². The van der Waals surface area contributed by atoms with E-state index in [1.807, 2.05) is 26.0 Å². The SMILES string of the molecule is CCC1Sc2ccc(S(=O)(=O)CCC(=O)Nc3ccc(C)cc3Br)cc2NC1=O. The lowest BCUT2D eigenvalue weighted by atomic mass is 10.2. The molecule has 0 fully saturated rings. The standard InChI is InChI=1S/C20H21BrN2O4S2/c1-3-17-20(25)23-16-11-13(5-7-18(16)28-17)29(26,27)9-8-19(24)22-15-6-4-12(2)10-14(15)21/h4-7,10-11,17H,3,8-9H2,1-2H3,(H,22,24)(H,23,25). The van der Waals surface area contributed by atoms with E-state index < -0.39 is 9.84 Å². The van der Waals surface area contributed by atoms with Crippen LogP contribution in [0.5, 0.6) is 0 Å². The smallest absolute Gasteiger partial charge is 0.237 e. The molecule has 6 nitrogen and oxygen atoms in total. The topological polar surface area (TPSA) is 92.3 Å². The summed E-state index contributed by atoms with van der Waals surface area (Å²) >= 11 is 4.81. The average molecular weight is 497 g/mol. The number of hydrogen-bond donors (Lipinski definition) is 2. The number of halogens is 1. The number of anilines is 2. The van der Waals surface area contributed by atoms with Crippen LogP contribution >= 0.6 is 27.7 Å². The van der Waals surface area contributed by atoms with Crippen LogP contribution in [0.1, 0.15) is 25.3 Å². The average Bonchev–Trinajstić information content (AvgIpc) is 2.67. The van der Waals surface area contributed by atoms with Crippen molar-refractivity contribution in [2.24, 2.45) is 0 Å². The van der Waals surface area contributed by atoms with Crippen LogP contribution in [0.25, 0.3) is 0 Å². The summed E-state index contributed by atoms with van der Waals surface area (Å²) in [5.41, 5.74) is 2.14. The van der Waals surface area contributed by atoms with Gasteiger partial charge in [0.15, 0.2) is 9.84 Å². The third kappa shape index (κ3) is 5.21. The van der Waals surface area contributed by atoms with Gasteiger partial charge in [0.1, 0.15) is 0 Å². The Kier molecular flexibility index (Phi) is 6.70. The fraction of sp³-hybridized carbons (Fsp3) is 0.300. The van der Waals surface area contributed by atoms with Crippen molar-refractivity contribution in [2.45, 2.75) is 41.7 Å². The number of aryl methyl sites for hydroxylation is 1. The number of fused-ring (bicyclic) bond motifs is 1. The normalized spacial score (nSPS) is 16.1. The van der Waals surface area contributed by atoms with Crippen LogP contribution in [0.15, 0.2) is 50.7 Å². The highest BCUT2D eigenvalue weighted by atomic mass is 79.9. The summed E-state index contributed by atoms with van der Waals surface area (Å²) in [6, 6.07) is 10.2. The maximum absolute atomic E-state index is 12.7. The van der Waals surface area contributed by atoms with Crippen LogP contribution < -0.4 is 10.6 Å². The Morgan fingerprint density at radius 2 is 2.00 bits per heavy atom. The van der Waals surface area contributed by atoms with Gasteiger partial charge in [-0.05, 0) is 65.2 Å². The minimum Gasteiger partial charge on any atom is -0.325 e. The maximum atomic E-state index is 12.7. The zero-order valence-corrected chi connectivity index (χ0v) is 19.2. The lowest BCUT2D eigenvalue weighted by Gasteiger charge is -2.23. The lowest BCUT2D eigenvalue weighted by Crippen LogP contribution is -2.28. The summed E-state index contributed by atoms with van der Waals surface area (Å²) in [5, 5.41) is 5.32. The number of thioether (sulfide) groups is 1. The highest BCUT2D eigenvalue weighted by molar-refractivity contribution is 9.10. The Hall–Kier alpha value is -1.84. The van der Waals surface area contributed by atoms with Crippen LogP contribution in [0, 0.1) is 6.92 Å². The third-order valence-electron chi connectivity index (χ3n) is 4.50. The predicted octanol–water partition coefficient (Wildman–Crippen LogP) is 4.38. The lowest BCUT2D eigenvalue weighted by molar-refractivity contribution is -0.116. The molecule has 0 aliphatic carbocycles. The van der Waals surface area contributed by atoms with Crippen molar-refractivity contribution in [3.05, 3.63) is 46.4 Å². The van der Waals surface area contributed by atoms with E-state index in [1.165, 1.54) is 23.9 Å². The molecule has 9 heteroatoms. The van der Waals surface area contributed by atoms with Crippen LogP contribution in [-0.2, 0) is 19.4 Å². The first kappa shape index (κ1) is 21.9. The van der Waals surface area contributed by atoms with Crippen molar-refractivity contribution in [1.82, 2.24) is 0 Å². The van der Waals surface area contributed by atoms with Crippen molar-refractivity contribution in [1.29, 1.82) is 0 Å². The van der Waals surface area contributed by atoms with Gasteiger partial charge in [-0.3, -0.25) is 9.59 Å². The first-order valence-electron chi connectivity index (χ1n) is 9.10. The molecule has 0 saturated heterocycles. The maximum Gasteiger partial charge on any atom is 0.237 e. The fourth-order valence-corrected chi connectivity index (χ4v) is 5.75. The summed E-state index contributed by atoms with van der Waals surface area (Å²) in [7, 11) is -3.67. The van der Waals surface area contributed by atoms with Gasteiger partial charge in [0.25, 0.3) is 0 Å². The summed E-state index contributed by atoms with van der Waals surface area (Å²) < 4.78 is 26.1. The quantitative estimate of drug-likeness (QED) is 0.618. The molecule has 2 amide bonds. The molecule has 0 spiro atoms. The van der Waals surface area contributed by atoms with Crippen molar-refractivity contribution >= 4 is 60.7 Å². The van der Waals surface area contributed by atoms with E-state index in [0.717, 1.165) is 14.9 Å². The van der Waals surface area contributed by atoms with Gasteiger partial charge in [-0.2, -0.15) is 0 Å². The van der Waals surface area contributed by atoms with Gasteiger partial charge in [-0.1, -0.05) is 13.0 Å². The Bertz CT molecular complexity index is 1070. The highest BCUT2D eigenvalue weighted by Gasteiger charge is 2.27. The largest absolute Gasteiger partial charge is 0.325 e. The Labute approximate surface area is 182 Å².